The summed E-state index contributed by atoms with van der Waals surface area (Å²) in [5.41, 5.74) is 1.40. The van der Waals surface area contributed by atoms with Crippen molar-refractivity contribution in [2.75, 3.05) is 25.6 Å². The minimum absolute atomic E-state index is 0.264. The molecule has 0 aromatic heterocycles. The predicted octanol–water partition coefficient (Wildman–Crippen LogP) is 5.73. The number of para-hydroxylation sites is 1. The lowest BCUT2D eigenvalue weighted by Gasteiger charge is -2.29. The van der Waals surface area contributed by atoms with Crippen LogP contribution in [0.5, 0.6) is 5.75 Å². The normalized spacial score (nSPS) is 12.6. The second-order valence-electron chi connectivity index (χ2n) is 5.17. The number of hydrogen-bond acceptors (Lipinski definition) is 5. The first kappa shape index (κ1) is 19.8. The van der Waals surface area contributed by atoms with E-state index in [0.29, 0.717) is 22.0 Å². The van der Waals surface area contributed by atoms with Crippen LogP contribution in [0.3, 0.4) is 0 Å². The summed E-state index contributed by atoms with van der Waals surface area (Å²) in [6.45, 7) is 4.09. The monoisotopic (exact) mass is 383 g/mol. The highest BCUT2D eigenvalue weighted by Gasteiger charge is 2.38. The number of nitrogens with one attached hydrogen (secondary N) is 1. The van der Waals surface area contributed by atoms with Crippen LogP contribution in [0.4, 0.5) is 5.69 Å². The maximum Gasteiger partial charge on any atom is 0.357 e. The lowest BCUT2D eigenvalue weighted by Crippen LogP contribution is -2.16. The highest BCUT2D eigenvalue weighted by Crippen LogP contribution is 2.62. The van der Waals surface area contributed by atoms with Crippen LogP contribution in [-0.4, -0.2) is 20.3 Å². The summed E-state index contributed by atoms with van der Waals surface area (Å²) in [4.78, 5) is 0. The van der Waals surface area contributed by atoms with Crippen LogP contribution in [0.2, 0.25) is 5.02 Å². The van der Waals surface area contributed by atoms with Crippen molar-refractivity contribution in [2.45, 2.75) is 19.6 Å². The Morgan fingerprint density at radius 1 is 1.08 bits per heavy atom. The van der Waals surface area contributed by atoms with E-state index in [1.54, 1.807) is 33.1 Å². The second-order valence-corrected chi connectivity index (χ2v) is 7.72. The quantitative estimate of drug-likeness (QED) is 0.561. The molecule has 0 aliphatic rings. The number of anilines is 1. The Morgan fingerprint density at radius 2 is 1.76 bits per heavy atom. The number of methoxy groups -OCH3 is 1. The highest BCUT2D eigenvalue weighted by molar-refractivity contribution is 7.54. The van der Waals surface area contributed by atoms with E-state index >= 15 is 0 Å². The second kappa shape index (κ2) is 9.25. The molecule has 0 saturated carbocycles. The molecule has 0 aliphatic heterocycles. The van der Waals surface area contributed by atoms with Crippen molar-refractivity contribution in [2.24, 2.45) is 0 Å². The first-order valence-electron chi connectivity index (χ1n) is 8.07. The molecule has 1 atom stereocenters. The molecule has 0 fully saturated rings. The van der Waals surface area contributed by atoms with Crippen LogP contribution in [0.25, 0.3) is 0 Å². The topological polar surface area (TPSA) is 56.8 Å². The molecule has 136 valence electrons. The molecule has 0 spiro atoms. The van der Waals surface area contributed by atoms with Crippen molar-refractivity contribution in [3.8, 4) is 5.75 Å². The molecule has 0 saturated heterocycles. The molecular weight excluding hydrogens is 361 g/mol. The van der Waals surface area contributed by atoms with E-state index < -0.39 is 13.4 Å². The minimum Gasteiger partial charge on any atom is -0.496 e. The van der Waals surface area contributed by atoms with Crippen molar-refractivity contribution in [3.05, 3.63) is 59.1 Å². The van der Waals surface area contributed by atoms with Crippen LogP contribution >= 0.6 is 19.2 Å². The fourth-order valence-electron chi connectivity index (χ4n) is 2.50. The van der Waals surface area contributed by atoms with Gasteiger partial charge in [-0.2, -0.15) is 0 Å². The third kappa shape index (κ3) is 4.99. The van der Waals surface area contributed by atoms with Crippen LogP contribution < -0.4 is 10.1 Å². The summed E-state index contributed by atoms with van der Waals surface area (Å²) in [6.07, 6.45) is 0. The van der Waals surface area contributed by atoms with E-state index in [2.05, 4.69) is 5.32 Å². The van der Waals surface area contributed by atoms with E-state index in [-0.39, 0.29) is 13.2 Å². The first-order chi connectivity index (χ1) is 12.0. The summed E-state index contributed by atoms with van der Waals surface area (Å²) in [5, 5.41) is 3.82. The molecule has 0 aliphatic carbocycles. The maximum absolute atomic E-state index is 13.5. The zero-order valence-electron chi connectivity index (χ0n) is 14.6. The Morgan fingerprint density at radius 3 is 2.36 bits per heavy atom. The Labute approximate surface area is 153 Å². The van der Waals surface area contributed by atoms with Gasteiger partial charge in [0.25, 0.3) is 0 Å². The van der Waals surface area contributed by atoms with Gasteiger partial charge in [-0.05, 0) is 38.1 Å². The highest BCUT2D eigenvalue weighted by atomic mass is 35.5. The van der Waals surface area contributed by atoms with Crippen LogP contribution in [0.1, 0.15) is 25.2 Å². The molecule has 5 nitrogen and oxygen atoms in total. The minimum atomic E-state index is -3.51. The largest absolute Gasteiger partial charge is 0.496 e. The number of ether oxygens (including phenoxy) is 1. The molecule has 7 heteroatoms. The molecule has 0 bridgehead atoms. The van der Waals surface area contributed by atoms with Crippen molar-refractivity contribution in [1.29, 1.82) is 0 Å². The van der Waals surface area contributed by atoms with Gasteiger partial charge in [0.2, 0.25) is 0 Å². The van der Waals surface area contributed by atoms with Gasteiger partial charge in [0.15, 0.2) is 5.78 Å². The van der Waals surface area contributed by atoms with E-state index in [9.17, 15) is 4.57 Å². The standard InChI is InChI=1S/C18H23ClNO4P/c1-4-23-25(21,24-5-2)18(16-11-6-7-12-17(16)22-3)20-15-10-8-9-14(19)13-15/h6-13,18,20H,4-5H2,1-3H3. The fraction of sp³-hybridized carbons (Fsp3) is 0.333. The zero-order valence-corrected chi connectivity index (χ0v) is 16.2. The smallest absolute Gasteiger partial charge is 0.357 e. The third-order valence-electron chi connectivity index (χ3n) is 3.50. The fourth-order valence-corrected chi connectivity index (χ4v) is 4.65. The molecule has 1 N–H and O–H groups in total. The summed E-state index contributed by atoms with van der Waals surface area (Å²) in [5.74, 6) is -0.135. The molecular formula is C18H23ClNO4P. The summed E-state index contributed by atoms with van der Waals surface area (Å²) in [6, 6.07) is 14.5. The van der Waals surface area contributed by atoms with Gasteiger partial charge in [-0.25, -0.2) is 0 Å². The predicted molar refractivity (Wildman–Crippen MR) is 102 cm³/mol. The molecule has 2 aromatic rings. The van der Waals surface area contributed by atoms with Crippen molar-refractivity contribution >= 4 is 24.9 Å². The van der Waals surface area contributed by atoms with Crippen LogP contribution in [0, 0.1) is 0 Å². The average Bonchev–Trinajstić information content (AvgIpc) is 2.60. The summed E-state index contributed by atoms with van der Waals surface area (Å²) < 4.78 is 30.1. The Bertz CT molecular complexity index is 731. The molecule has 1 unspecified atom stereocenters. The third-order valence-corrected chi connectivity index (χ3v) is 6.01. The van der Waals surface area contributed by atoms with E-state index in [1.165, 1.54) is 0 Å². The van der Waals surface area contributed by atoms with Gasteiger partial charge in [0.1, 0.15) is 5.75 Å². The number of hydrogen-bond donors (Lipinski definition) is 1. The van der Waals surface area contributed by atoms with Crippen LogP contribution in [-0.2, 0) is 13.6 Å². The van der Waals surface area contributed by atoms with Crippen molar-refractivity contribution in [3.63, 3.8) is 0 Å². The molecule has 2 rings (SSSR count). The van der Waals surface area contributed by atoms with Gasteiger partial charge in [0, 0.05) is 16.3 Å². The Hall–Kier alpha value is -1.52. The molecule has 0 amide bonds. The van der Waals surface area contributed by atoms with E-state index in [0.717, 1.165) is 0 Å². The molecule has 2 aromatic carbocycles. The van der Waals surface area contributed by atoms with Gasteiger partial charge in [-0.3, -0.25) is 4.57 Å². The maximum atomic E-state index is 13.5. The molecule has 0 heterocycles. The van der Waals surface area contributed by atoms with Crippen LogP contribution in [0.15, 0.2) is 48.5 Å². The van der Waals surface area contributed by atoms with Crippen molar-refractivity contribution in [1.82, 2.24) is 0 Å². The molecule has 0 radical (unpaired) electrons. The summed E-state index contributed by atoms with van der Waals surface area (Å²) in [7, 11) is -1.94. The van der Waals surface area contributed by atoms with Gasteiger partial charge in [0.05, 0.1) is 20.3 Å². The Kier molecular flexibility index (Phi) is 7.33. The van der Waals surface area contributed by atoms with Gasteiger partial charge >= 0.3 is 7.60 Å². The number of rotatable bonds is 9. The average molecular weight is 384 g/mol. The number of benzene rings is 2. The van der Waals surface area contributed by atoms with Gasteiger partial charge in [-0.15, -0.1) is 0 Å². The van der Waals surface area contributed by atoms with Gasteiger partial charge in [-0.1, -0.05) is 35.9 Å². The van der Waals surface area contributed by atoms with Crippen molar-refractivity contribution < 1.29 is 18.3 Å². The zero-order chi connectivity index (χ0) is 18.3. The van der Waals surface area contributed by atoms with E-state index in [1.807, 2.05) is 36.4 Å². The lowest BCUT2D eigenvalue weighted by atomic mass is 10.2. The lowest BCUT2D eigenvalue weighted by molar-refractivity contribution is 0.213. The Balaban J connectivity index is 2.52. The SMILES string of the molecule is CCOP(=O)(OCC)C(Nc1cccc(Cl)c1)c1ccccc1OC. The first-order valence-corrected chi connectivity index (χ1v) is 10.1. The summed E-state index contributed by atoms with van der Waals surface area (Å²) >= 11 is 6.07. The number of halogens is 1. The molecule has 25 heavy (non-hydrogen) atoms. The van der Waals surface area contributed by atoms with Gasteiger partial charge < -0.3 is 19.1 Å². The van der Waals surface area contributed by atoms with E-state index in [4.69, 9.17) is 25.4 Å².